The second-order valence-electron chi connectivity index (χ2n) is 7.54. The van der Waals surface area contributed by atoms with Gasteiger partial charge in [0.1, 0.15) is 25.1 Å². The molecule has 0 N–H and O–H groups in total. The number of hydrogen-bond acceptors (Lipinski definition) is 1. The molecule has 1 saturated heterocycles. The molecule has 114 valence electrons. The van der Waals surface area contributed by atoms with Gasteiger partial charge in [-0.05, 0) is 26.3 Å². The van der Waals surface area contributed by atoms with Crippen molar-refractivity contribution < 1.29 is 4.21 Å². The van der Waals surface area contributed by atoms with Crippen LogP contribution in [0.3, 0.4) is 0 Å². The van der Waals surface area contributed by atoms with Gasteiger partial charge in [0.05, 0.1) is 10.8 Å². The van der Waals surface area contributed by atoms with E-state index in [1.54, 1.807) is 0 Å². The average molecular weight is 320 g/mol. The molecule has 0 radical (unpaired) electrons. The molecule has 4 heteroatoms. The van der Waals surface area contributed by atoms with Gasteiger partial charge in [0, 0.05) is 0 Å². The molecule has 2 nitrogen and oxygen atoms in total. The largest absolute Gasteiger partial charge is 0.242 e. The molecule has 21 heavy (non-hydrogen) atoms. The average Bonchev–Trinajstić information content (AvgIpc) is 3.08. The Kier molecular flexibility index (Phi) is 4.48. The van der Waals surface area contributed by atoms with Gasteiger partial charge >= 0.3 is 0 Å². The maximum absolute atomic E-state index is 12.7. The molecule has 1 aliphatic heterocycles. The Bertz CT molecular complexity index is 589. The van der Waals surface area contributed by atoms with Crippen molar-refractivity contribution in [3.05, 3.63) is 35.9 Å². The minimum absolute atomic E-state index is 0.0965. The van der Waals surface area contributed by atoms with Crippen LogP contribution >= 0.6 is 0 Å². The first-order valence-corrected chi connectivity index (χ1v) is 12.0. The van der Waals surface area contributed by atoms with Gasteiger partial charge in [-0.1, -0.05) is 55.9 Å². The fraction of sp³-hybridized carbons (Fsp3) is 0.529. The molecule has 1 aliphatic rings. The number of rotatable bonds is 2. The van der Waals surface area contributed by atoms with E-state index >= 15 is 0 Å². The summed E-state index contributed by atoms with van der Waals surface area (Å²) in [5.41, 5.74) is 4.65. The highest BCUT2D eigenvalue weighted by atomic mass is 32.2. The summed E-state index contributed by atoms with van der Waals surface area (Å²) in [4.78, 5) is 0. The summed E-state index contributed by atoms with van der Waals surface area (Å²) in [6, 6.07) is 10.6. The molecule has 1 aromatic carbocycles. The van der Waals surface area contributed by atoms with E-state index in [4.69, 9.17) is 0 Å². The summed E-state index contributed by atoms with van der Waals surface area (Å²) in [7, 11) is -2.43. The predicted molar refractivity (Wildman–Crippen MR) is 93.8 cm³/mol. The van der Waals surface area contributed by atoms with E-state index in [-0.39, 0.29) is 16.8 Å². The van der Waals surface area contributed by atoms with E-state index in [1.165, 1.54) is 5.56 Å². The second kappa shape index (κ2) is 5.72. The van der Waals surface area contributed by atoms with E-state index in [1.807, 2.05) is 39.0 Å². The first-order chi connectivity index (χ1) is 9.61. The molecule has 0 saturated carbocycles. The molecular formula is C17H25NOSSi. The Morgan fingerprint density at radius 3 is 2.19 bits per heavy atom. The zero-order valence-electron chi connectivity index (χ0n) is 13.8. The maximum Gasteiger partial charge on any atom is 0.129 e. The molecule has 1 aromatic rings. The lowest BCUT2D eigenvalue weighted by molar-refractivity contribution is 0.604. The molecular weight excluding hydrogens is 294 g/mol. The van der Waals surface area contributed by atoms with Crippen LogP contribution in [0, 0.1) is 11.5 Å². The van der Waals surface area contributed by atoms with E-state index in [0.717, 1.165) is 0 Å². The quantitative estimate of drug-likeness (QED) is 0.462. The van der Waals surface area contributed by atoms with E-state index in [9.17, 15) is 4.21 Å². The van der Waals surface area contributed by atoms with Crippen molar-refractivity contribution in [2.75, 3.05) is 0 Å². The third-order valence-corrected chi connectivity index (χ3v) is 5.99. The predicted octanol–water partition coefficient (Wildman–Crippen LogP) is 3.75. The highest BCUT2D eigenvalue weighted by Crippen LogP contribution is 2.46. The van der Waals surface area contributed by atoms with Crippen LogP contribution in [-0.2, 0) is 11.0 Å². The van der Waals surface area contributed by atoms with E-state index in [0.29, 0.717) is 0 Å². The molecule has 0 aromatic heterocycles. The zero-order chi connectivity index (χ0) is 15.8. The summed E-state index contributed by atoms with van der Waals surface area (Å²) in [6.45, 7) is 12.8. The number of nitrogens with zero attached hydrogens (tertiary/aromatic N) is 1. The van der Waals surface area contributed by atoms with Crippen molar-refractivity contribution in [2.45, 2.75) is 57.2 Å². The van der Waals surface area contributed by atoms with Crippen LogP contribution in [-0.4, -0.2) is 27.4 Å². The Balaban J connectivity index is 2.29. The third kappa shape index (κ3) is 4.06. The zero-order valence-corrected chi connectivity index (χ0v) is 15.6. The van der Waals surface area contributed by atoms with Gasteiger partial charge in [0.2, 0.25) is 0 Å². The van der Waals surface area contributed by atoms with Crippen molar-refractivity contribution in [3.63, 3.8) is 0 Å². The Hall–Kier alpha value is -0.893. The van der Waals surface area contributed by atoms with Crippen LogP contribution in [0.25, 0.3) is 0 Å². The Morgan fingerprint density at radius 1 is 1.14 bits per heavy atom. The SMILES string of the molecule is CC(C)(C)[S@@](=O)N1[C@H](C#C[Si](C)(C)C)[C@H]1c1ccccc1. The lowest BCUT2D eigenvalue weighted by Crippen LogP contribution is -2.28. The first kappa shape index (κ1) is 16.5. The Morgan fingerprint density at radius 2 is 1.71 bits per heavy atom. The smallest absolute Gasteiger partial charge is 0.129 e. The van der Waals surface area contributed by atoms with Gasteiger partial charge < -0.3 is 0 Å². The van der Waals surface area contributed by atoms with Gasteiger partial charge in [-0.2, -0.15) is 4.31 Å². The van der Waals surface area contributed by atoms with Crippen molar-refractivity contribution in [1.29, 1.82) is 0 Å². The van der Waals surface area contributed by atoms with Crippen molar-refractivity contribution >= 4 is 19.1 Å². The first-order valence-electron chi connectivity index (χ1n) is 7.39. The standard InChI is InChI=1S/C17H25NOSSi/c1-17(2,3)20(19)18-15(12-13-21(4,5)6)16(18)14-10-8-7-9-11-14/h7-11,15-16H,1-6H3/t15-,16-,18?,20-/m1/s1. The highest BCUT2D eigenvalue weighted by Gasteiger charge is 2.53. The van der Waals surface area contributed by atoms with Crippen molar-refractivity contribution in [3.8, 4) is 11.5 Å². The van der Waals surface area contributed by atoms with Gasteiger partial charge in [0.25, 0.3) is 0 Å². The highest BCUT2D eigenvalue weighted by molar-refractivity contribution is 7.84. The fourth-order valence-corrected chi connectivity index (χ4v) is 4.12. The van der Waals surface area contributed by atoms with Crippen LogP contribution in [0.1, 0.15) is 32.4 Å². The molecule has 0 bridgehead atoms. The summed E-state index contributed by atoms with van der Waals surface area (Å²) in [6.07, 6.45) is 0. The Labute approximate surface area is 132 Å². The van der Waals surface area contributed by atoms with Gasteiger partial charge in [-0.25, -0.2) is 4.21 Å². The minimum Gasteiger partial charge on any atom is -0.242 e. The molecule has 0 aliphatic carbocycles. The van der Waals surface area contributed by atoms with Gasteiger partial charge in [-0.3, -0.25) is 0 Å². The fourth-order valence-electron chi connectivity index (χ4n) is 2.15. The summed E-state index contributed by atoms with van der Waals surface area (Å²) in [5.74, 6) is 3.39. The minimum atomic E-state index is -1.41. The van der Waals surface area contributed by atoms with E-state index in [2.05, 4.69) is 47.5 Å². The van der Waals surface area contributed by atoms with Gasteiger partial charge in [-0.15, -0.1) is 5.54 Å². The van der Waals surface area contributed by atoms with Gasteiger partial charge in [0.15, 0.2) is 0 Å². The van der Waals surface area contributed by atoms with E-state index < -0.39 is 19.1 Å². The molecule has 1 heterocycles. The van der Waals surface area contributed by atoms with Crippen LogP contribution < -0.4 is 0 Å². The monoisotopic (exact) mass is 319 g/mol. The number of benzene rings is 1. The summed E-state index contributed by atoms with van der Waals surface area (Å²) < 4.78 is 14.5. The number of hydrogen-bond donors (Lipinski definition) is 0. The second-order valence-corrected chi connectivity index (χ2v) is 14.4. The summed E-state index contributed by atoms with van der Waals surface area (Å²) >= 11 is 0. The molecule has 2 rings (SSSR count). The van der Waals surface area contributed by atoms with Crippen molar-refractivity contribution in [1.82, 2.24) is 4.31 Å². The maximum atomic E-state index is 12.7. The summed E-state index contributed by atoms with van der Waals surface area (Å²) in [5, 5.41) is 0. The van der Waals surface area contributed by atoms with Crippen LogP contribution in [0.4, 0.5) is 0 Å². The van der Waals surface area contributed by atoms with Crippen LogP contribution in [0.2, 0.25) is 19.6 Å². The molecule has 4 atom stereocenters. The molecule has 0 amide bonds. The molecule has 1 unspecified atom stereocenters. The lowest BCUT2D eigenvalue weighted by atomic mass is 10.1. The third-order valence-electron chi connectivity index (χ3n) is 3.21. The van der Waals surface area contributed by atoms with Crippen LogP contribution in [0.5, 0.6) is 0 Å². The van der Waals surface area contributed by atoms with Crippen molar-refractivity contribution in [2.24, 2.45) is 0 Å². The molecule has 0 spiro atoms. The van der Waals surface area contributed by atoms with Crippen LogP contribution in [0.15, 0.2) is 30.3 Å². The normalized spacial score (nSPS) is 26.7. The molecule has 1 fully saturated rings. The topological polar surface area (TPSA) is 20.1 Å². The lowest BCUT2D eigenvalue weighted by Gasteiger charge is -2.18.